The Kier molecular flexibility index (Phi) is 2.14. The second-order valence-corrected chi connectivity index (χ2v) is 3.05. The van der Waals surface area contributed by atoms with E-state index < -0.39 is 0 Å². The number of aromatic nitrogens is 2. The molecule has 0 saturated carbocycles. The van der Waals surface area contributed by atoms with Crippen molar-refractivity contribution in [1.29, 1.82) is 0 Å². The number of aryl methyl sites for hydroxylation is 1. The summed E-state index contributed by atoms with van der Waals surface area (Å²) in [6, 6.07) is 9.49. The highest BCUT2D eigenvalue weighted by Crippen LogP contribution is 2.23. The quantitative estimate of drug-likeness (QED) is 0.742. The van der Waals surface area contributed by atoms with Gasteiger partial charge in [0.05, 0.1) is 5.69 Å². The van der Waals surface area contributed by atoms with Gasteiger partial charge in [0.15, 0.2) is 0 Å². The van der Waals surface area contributed by atoms with E-state index in [1.807, 2.05) is 30.3 Å². The van der Waals surface area contributed by atoms with Gasteiger partial charge in [0.2, 0.25) is 5.88 Å². The van der Waals surface area contributed by atoms with Crippen LogP contribution in [-0.2, 0) is 0 Å². The van der Waals surface area contributed by atoms with Crippen LogP contribution in [0.2, 0.25) is 0 Å². The summed E-state index contributed by atoms with van der Waals surface area (Å²) < 4.78 is 0. The Hall–Kier alpha value is -1.90. The van der Waals surface area contributed by atoms with Gasteiger partial charge in [0.1, 0.15) is 5.69 Å². The molecule has 0 aliphatic rings. The molecule has 0 amide bonds. The van der Waals surface area contributed by atoms with Crippen LogP contribution in [0.5, 0.6) is 5.88 Å². The van der Waals surface area contributed by atoms with Crippen molar-refractivity contribution in [2.75, 3.05) is 0 Å². The third kappa shape index (κ3) is 1.57. The molecule has 1 aromatic heterocycles. The summed E-state index contributed by atoms with van der Waals surface area (Å²) in [4.78, 5) is 8.08. The number of benzene rings is 1. The Labute approximate surface area is 82.1 Å². The van der Waals surface area contributed by atoms with E-state index in [0.717, 1.165) is 5.56 Å². The molecular weight excluding hydrogens is 176 g/mol. The van der Waals surface area contributed by atoms with Crippen molar-refractivity contribution in [2.45, 2.75) is 6.92 Å². The Balaban J connectivity index is 2.53. The summed E-state index contributed by atoms with van der Waals surface area (Å²) in [5, 5.41) is 9.57. The molecule has 0 saturated heterocycles. The van der Waals surface area contributed by atoms with Crippen molar-refractivity contribution in [3.8, 4) is 17.1 Å². The van der Waals surface area contributed by atoms with E-state index >= 15 is 0 Å². The lowest BCUT2D eigenvalue weighted by Crippen LogP contribution is -1.89. The maximum absolute atomic E-state index is 9.57. The Morgan fingerprint density at radius 1 is 1.14 bits per heavy atom. The molecule has 0 spiro atoms. The van der Waals surface area contributed by atoms with Crippen LogP contribution in [0.4, 0.5) is 0 Å². The Morgan fingerprint density at radius 3 is 2.50 bits per heavy atom. The lowest BCUT2D eigenvalue weighted by atomic mass is 10.1. The van der Waals surface area contributed by atoms with Gasteiger partial charge in [0, 0.05) is 11.8 Å². The van der Waals surface area contributed by atoms with Crippen LogP contribution >= 0.6 is 0 Å². The van der Waals surface area contributed by atoms with E-state index in [0.29, 0.717) is 11.4 Å². The van der Waals surface area contributed by atoms with Crippen LogP contribution in [0.3, 0.4) is 0 Å². The maximum atomic E-state index is 9.57. The zero-order valence-corrected chi connectivity index (χ0v) is 7.81. The number of hydrogen-bond acceptors (Lipinski definition) is 3. The van der Waals surface area contributed by atoms with Gasteiger partial charge in [-0.25, -0.2) is 9.97 Å². The third-order valence-corrected chi connectivity index (χ3v) is 1.92. The molecule has 1 heterocycles. The SMILES string of the molecule is Cc1cnc(-c2ccccc2)c(O)n1. The second kappa shape index (κ2) is 3.46. The molecule has 14 heavy (non-hydrogen) atoms. The summed E-state index contributed by atoms with van der Waals surface area (Å²) in [6.07, 6.45) is 1.64. The van der Waals surface area contributed by atoms with Gasteiger partial charge in [0.25, 0.3) is 0 Å². The summed E-state index contributed by atoms with van der Waals surface area (Å²) in [5.41, 5.74) is 2.11. The highest BCUT2D eigenvalue weighted by atomic mass is 16.3. The van der Waals surface area contributed by atoms with Crippen LogP contribution in [0.25, 0.3) is 11.3 Å². The predicted octanol–water partition coefficient (Wildman–Crippen LogP) is 2.16. The lowest BCUT2D eigenvalue weighted by molar-refractivity contribution is 0.451. The van der Waals surface area contributed by atoms with E-state index in [4.69, 9.17) is 0 Å². The summed E-state index contributed by atoms with van der Waals surface area (Å²) >= 11 is 0. The highest BCUT2D eigenvalue weighted by Gasteiger charge is 2.05. The molecule has 0 aliphatic heterocycles. The fourth-order valence-corrected chi connectivity index (χ4v) is 1.26. The molecule has 3 heteroatoms. The van der Waals surface area contributed by atoms with Crippen LogP contribution in [0, 0.1) is 6.92 Å². The summed E-state index contributed by atoms with van der Waals surface area (Å²) in [7, 11) is 0. The molecule has 70 valence electrons. The maximum Gasteiger partial charge on any atom is 0.238 e. The first-order valence-corrected chi connectivity index (χ1v) is 4.35. The molecule has 1 N–H and O–H groups in total. The molecule has 2 rings (SSSR count). The molecule has 0 unspecified atom stereocenters. The first-order valence-electron chi connectivity index (χ1n) is 4.35. The zero-order valence-electron chi connectivity index (χ0n) is 7.81. The van der Waals surface area contributed by atoms with Crippen LogP contribution in [0.1, 0.15) is 5.69 Å². The fourth-order valence-electron chi connectivity index (χ4n) is 1.26. The minimum atomic E-state index is -0.0174. The average Bonchev–Trinajstić information content (AvgIpc) is 2.19. The number of aromatic hydroxyl groups is 1. The first kappa shape index (κ1) is 8.69. The number of nitrogens with zero attached hydrogens (tertiary/aromatic N) is 2. The third-order valence-electron chi connectivity index (χ3n) is 1.92. The second-order valence-electron chi connectivity index (χ2n) is 3.05. The van der Waals surface area contributed by atoms with Gasteiger partial charge in [-0.1, -0.05) is 30.3 Å². The molecule has 0 atom stereocenters. The number of rotatable bonds is 1. The van der Waals surface area contributed by atoms with Gasteiger partial charge in [-0.15, -0.1) is 0 Å². The van der Waals surface area contributed by atoms with E-state index in [1.165, 1.54) is 0 Å². The van der Waals surface area contributed by atoms with Gasteiger partial charge < -0.3 is 5.11 Å². The largest absolute Gasteiger partial charge is 0.492 e. The van der Waals surface area contributed by atoms with Crippen molar-refractivity contribution in [3.05, 3.63) is 42.2 Å². The van der Waals surface area contributed by atoms with E-state index in [9.17, 15) is 5.11 Å². The lowest BCUT2D eigenvalue weighted by Gasteiger charge is -2.02. The van der Waals surface area contributed by atoms with Gasteiger partial charge in [-0.3, -0.25) is 0 Å². The molecule has 2 aromatic rings. The average molecular weight is 186 g/mol. The minimum Gasteiger partial charge on any atom is -0.492 e. The van der Waals surface area contributed by atoms with Crippen molar-refractivity contribution in [1.82, 2.24) is 9.97 Å². The fraction of sp³-hybridized carbons (Fsp3) is 0.0909. The Bertz CT molecular complexity index is 440. The van der Waals surface area contributed by atoms with E-state index in [2.05, 4.69) is 9.97 Å². The van der Waals surface area contributed by atoms with E-state index in [1.54, 1.807) is 13.1 Å². The molecule has 0 aliphatic carbocycles. The molecule has 1 aromatic carbocycles. The minimum absolute atomic E-state index is 0.0174. The first-order chi connectivity index (χ1) is 6.77. The predicted molar refractivity (Wildman–Crippen MR) is 53.9 cm³/mol. The smallest absolute Gasteiger partial charge is 0.238 e. The van der Waals surface area contributed by atoms with Crippen LogP contribution in [0.15, 0.2) is 36.5 Å². The van der Waals surface area contributed by atoms with Gasteiger partial charge in [-0.2, -0.15) is 0 Å². The van der Waals surface area contributed by atoms with Crippen molar-refractivity contribution < 1.29 is 5.11 Å². The van der Waals surface area contributed by atoms with Gasteiger partial charge in [-0.05, 0) is 6.92 Å². The highest BCUT2D eigenvalue weighted by molar-refractivity contribution is 5.63. The van der Waals surface area contributed by atoms with Crippen molar-refractivity contribution in [2.24, 2.45) is 0 Å². The summed E-state index contributed by atoms with van der Waals surface area (Å²) in [6.45, 7) is 1.79. The Morgan fingerprint density at radius 2 is 1.86 bits per heavy atom. The summed E-state index contributed by atoms with van der Waals surface area (Å²) in [5.74, 6) is -0.0174. The zero-order chi connectivity index (χ0) is 9.97. The van der Waals surface area contributed by atoms with Crippen LogP contribution < -0.4 is 0 Å². The van der Waals surface area contributed by atoms with Crippen molar-refractivity contribution >= 4 is 0 Å². The standard InChI is InChI=1S/C11H10N2O/c1-8-7-12-10(11(14)13-8)9-5-3-2-4-6-9/h2-7H,1H3,(H,13,14). The molecule has 3 nitrogen and oxygen atoms in total. The normalized spacial score (nSPS) is 10.1. The van der Waals surface area contributed by atoms with Crippen LogP contribution in [-0.4, -0.2) is 15.1 Å². The number of hydrogen-bond donors (Lipinski definition) is 1. The van der Waals surface area contributed by atoms with E-state index in [-0.39, 0.29) is 5.88 Å². The molecular formula is C11H10N2O. The molecule has 0 fully saturated rings. The molecule has 0 bridgehead atoms. The monoisotopic (exact) mass is 186 g/mol. The topological polar surface area (TPSA) is 46.0 Å². The van der Waals surface area contributed by atoms with Crippen molar-refractivity contribution in [3.63, 3.8) is 0 Å². The molecule has 0 radical (unpaired) electrons. The van der Waals surface area contributed by atoms with Gasteiger partial charge >= 0.3 is 0 Å².